The number of likely N-dealkylation sites (tertiary alicyclic amines) is 1. The highest BCUT2D eigenvalue weighted by Gasteiger charge is 2.28. The van der Waals surface area contributed by atoms with Crippen LogP contribution < -0.4 is 11.2 Å². The van der Waals surface area contributed by atoms with Crippen LogP contribution in [0.1, 0.15) is 26.7 Å². The first-order valence-electron chi connectivity index (χ1n) is 5.04. The van der Waals surface area contributed by atoms with Gasteiger partial charge in [-0.2, -0.15) is 0 Å². The van der Waals surface area contributed by atoms with Crippen molar-refractivity contribution in [2.24, 2.45) is 5.90 Å². The molecule has 1 fully saturated rings. The summed E-state index contributed by atoms with van der Waals surface area (Å²) in [7, 11) is 0. The summed E-state index contributed by atoms with van der Waals surface area (Å²) in [6.45, 7) is 5.11. The Morgan fingerprint density at radius 2 is 2.43 bits per heavy atom. The molecule has 1 unspecified atom stereocenters. The van der Waals surface area contributed by atoms with E-state index in [2.05, 4.69) is 10.2 Å². The molecule has 0 aromatic rings. The van der Waals surface area contributed by atoms with Crippen LogP contribution >= 0.6 is 0 Å². The van der Waals surface area contributed by atoms with Gasteiger partial charge in [0.05, 0.1) is 12.6 Å². The first kappa shape index (κ1) is 11.3. The smallest absolute Gasteiger partial charge is 0.317 e. The molecular formula is C9H19N3O2. The van der Waals surface area contributed by atoms with Crippen molar-refractivity contribution in [3.8, 4) is 0 Å². The average Bonchev–Trinajstić information content (AvgIpc) is 2.51. The molecule has 1 aliphatic rings. The Hall–Kier alpha value is -0.810. The Bertz CT molecular complexity index is 196. The molecule has 14 heavy (non-hydrogen) atoms. The molecule has 1 aliphatic heterocycles. The van der Waals surface area contributed by atoms with Crippen molar-refractivity contribution in [1.29, 1.82) is 0 Å². The topological polar surface area (TPSA) is 67.6 Å². The molecule has 1 saturated heterocycles. The summed E-state index contributed by atoms with van der Waals surface area (Å²) in [6.07, 6.45) is 2.00. The van der Waals surface area contributed by atoms with Gasteiger partial charge in [0.15, 0.2) is 0 Å². The van der Waals surface area contributed by atoms with Gasteiger partial charge in [-0.15, -0.1) is 0 Å². The second-order valence-corrected chi connectivity index (χ2v) is 3.93. The van der Waals surface area contributed by atoms with Crippen molar-refractivity contribution >= 4 is 6.03 Å². The lowest BCUT2D eigenvalue weighted by molar-refractivity contribution is 0.0864. The average molecular weight is 201 g/mol. The van der Waals surface area contributed by atoms with Gasteiger partial charge in [-0.1, -0.05) is 0 Å². The summed E-state index contributed by atoms with van der Waals surface area (Å²) in [5, 5.41) is 2.86. The fourth-order valence-electron chi connectivity index (χ4n) is 1.72. The zero-order chi connectivity index (χ0) is 10.6. The van der Waals surface area contributed by atoms with Crippen LogP contribution in [-0.2, 0) is 4.84 Å². The van der Waals surface area contributed by atoms with Crippen LogP contribution in [0, 0.1) is 0 Å². The molecule has 0 aromatic heterocycles. The molecule has 0 saturated carbocycles. The Labute approximate surface area is 84.5 Å². The third kappa shape index (κ3) is 2.85. The first-order valence-corrected chi connectivity index (χ1v) is 5.04. The van der Waals surface area contributed by atoms with E-state index in [4.69, 9.17) is 5.90 Å². The molecule has 82 valence electrons. The van der Waals surface area contributed by atoms with Crippen LogP contribution in [0.25, 0.3) is 0 Å². The monoisotopic (exact) mass is 201 g/mol. The summed E-state index contributed by atoms with van der Waals surface area (Å²) in [4.78, 5) is 18.0. The number of hydrogen-bond donors (Lipinski definition) is 2. The van der Waals surface area contributed by atoms with E-state index >= 15 is 0 Å². The van der Waals surface area contributed by atoms with Gasteiger partial charge in [0, 0.05) is 12.6 Å². The number of hydrogen-bond acceptors (Lipinski definition) is 3. The lowest BCUT2D eigenvalue weighted by Gasteiger charge is -2.25. The molecule has 0 aromatic carbocycles. The Kier molecular flexibility index (Phi) is 4.16. The molecule has 5 nitrogen and oxygen atoms in total. The van der Waals surface area contributed by atoms with Crippen molar-refractivity contribution in [2.45, 2.75) is 38.8 Å². The SMILES string of the molecule is CC(C)NC(=O)N1CCCC1CON. The summed E-state index contributed by atoms with van der Waals surface area (Å²) >= 11 is 0. The number of amides is 2. The largest absolute Gasteiger partial charge is 0.336 e. The van der Waals surface area contributed by atoms with E-state index in [0.29, 0.717) is 6.61 Å². The van der Waals surface area contributed by atoms with Crippen molar-refractivity contribution in [3.63, 3.8) is 0 Å². The number of urea groups is 1. The normalized spacial score (nSPS) is 21.7. The minimum atomic E-state index is -0.0143. The van der Waals surface area contributed by atoms with Crippen LogP contribution in [0.15, 0.2) is 0 Å². The van der Waals surface area contributed by atoms with Gasteiger partial charge in [0.25, 0.3) is 0 Å². The van der Waals surface area contributed by atoms with E-state index < -0.39 is 0 Å². The second-order valence-electron chi connectivity index (χ2n) is 3.93. The summed E-state index contributed by atoms with van der Waals surface area (Å²) in [6, 6.07) is 0.292. The highest BCUT2D eigenvalue weighted by Crippen LogP contribution is 2.17. The molecule has 5 heteroatoms. The maximum Gasteiger partial charge on any atom is 0.317 e. The number of carbonyl (C=O) groups is 1. The number of nitrogens with zero attached hydrogens (tertiary/aromatic N) is 1. The van der Waals surface area contributed by atoms with Gasteiger partial charge < -0.3 is 15.1 Å². The van der Waals surface area contributed by atoms with E-state index in [9.17, 15) is 4.79 Å². The van der Waals surface area contributed by atoms with Crippen molar-refractivity contribution in [1.82, 2.24) is 10.2 Å². The van der Waals surface area contributed by atoms with Gasteiger partial charge in [-0.25, -0.2) is 10.7 Å². The third-order valence-corrected chi connectivity index (χ3v) is 2.34. The Morgan fingerprint density at radius 1 is 1.71 bits per heavy atom. The first-order chi connectivity index (χ1) is 6.65. The molecule has 0 radical (unpaired) electrons. The van der Waals surface area contributed by atoms with Crippen LogP contribution in [0.3, 0.4) is 0 Å². The van der Waals surface area contributed by atoms with E-state index in [-0.39, 0.29) is 18.1 Å². The van der Waals surface area contributed by atoms with E-state index in [1.54, 1.807) is 4.90 Å². The number of nitrogens with two attached hydrogens (primary N) is 1. The van der Waals surface area contributed by atoms with E-state index in [1.165, 1.54) is 0 Å². The zero-order valence-electron chi connectivity index (χ0n) is 8.82. The minimum Gasteiger partial charge on any atom is -0.336 e. The van der Waals surface area contributed by atoms with Crippen molar-refractivity contribution in [3.05, 3.63) is 0 Å². The molecule has 2 amide bonds. The van der Waals surface area contributed by atoms with E-state index in [1.807, 2.05) is 13.8 Å². The summed E-state index contributed by atoms with van der Waals surface area (Å²) in [5.74, 6) is 5.01. The molecule has 1 heterocycles. The fourth-order valence-corrected chi connectivity index (χ4v) is 1.72. The van der Waals surface area contributed by atoms with Gasteiger partial charge in [0.1, 0.15) is 0 Å². The number of carbonyl (C=O) groups excluding carboxylic acids is 1. The lowest BCUT2D eigenvalue weighted by atomic mass is 10.2. The van der Waals surface area contributed by atoms with Gasteiger partial charge in [0.2, 0.25) is 0 Å². The quantitative estimate of drug-likeness (QED) is 0.652. The van der Waals surface area contributed by atoms with Crippen LogP contribution in [0.2, 0.25) is 0 Å². The molecule has 0 aliphatic carbocycles. The van der Waals surface area contributed by atoms with Crippen LogP contribution in [0.5, 0.6) is 0 Å². The van der Waals surface area contributed by atoms with Gasteiger partial charge >= 0.3 is 6.03 Å². The summed E-state index contributed by atoms with van der Waals surface area (Å²) < 4.78 is 0. The Balaban J connectivity index is 2.44. The number of nitrogens with one attached hydrogen (secondary N) is 1. The van der Waals surface area contributed by atoms with E-state index in [0.717, 1.165) is 19.4 Å². The third-order valence-electron chi connectivity index (χ3n) is 2.34. The zero-order valence-corrected chi connectivity index (χ0v) is 8.82. The van der Waals surface area contributed by atoms with Gasteiger partial charge in [-0.3, -0.25) is 0 Å². The molecule has 1 rings (SSSR count). The highest BCUT2D eigenvalue weighted by molar-refractivity contribution is 5.75. The fraction of sp³-hybridized carbons (Fsp3) is 0.889. The number of rotatable bonds is 3. The Morgan fingerprint density at radius 3 is 3.00 bits per heavy atom. The maximum absolute atomic E-state index is 11.7. The standard InChI is InChI=1S/C9H19N3O2/c1-7(2)11-9(13)12-5-3-4-8(12)6-14-10/h7-8H,3-6,10H2,1-2H3,(H,11,13). The predicted molar refractivity (Wildman–Crippen MR) is 53.5 cm³/mol. The van der Waals surface area contributed by atoms with Crippen molar-refractivity contribution in [2.75, 3.05) is 13.2 Å². The lowest BCUT2D eigenvalue weighted by Crippen LogP contribution is -2.46. The molecule has 0 spiro atoms. The van der Waals surface area contributed by atoms with Crippen LogP contribution in [0.4, 0.5) is 4.79 Å². The van der Waals surface area contributed by atoms with Crippen LogP contribution in [-0.4, -0.2) is 36.2 Å². The minimum absolute atomic E-state index is 0.0143. The summed E-state index contributed by atoms with van der Waals surface area (Å²) in [5.41, 5.74) is 0. The second kappa shape index (κ2) is 5.17. The molecule has 1 atom stereocenters. The molecule has 3 N–H and O–H groups in total. The highest BCUT2D eigenvalue weighted by atomic mass is 16.6. The maximum atomic E-state index is 11.7. The van der Waals surface area contributed by atoms with Crippen molar-refractivity contribution < 1.29 is 9.63 Å². The predicted octanol–water partition coefficient (Wildman–Crippen LogP) is 0.459. The molecular weight excluding hydrogens is 182 g/mol. The van der Waals surface area contributed by atoms with Gasteiger partial charge in [-0.05, 0) is 26.7 Å². The molecule has 0 bridgehead atoms.